The topological polar surface area (TPSA) is 73.1 Å². The number of fused-ring (bicyclic) bond motifs is 1. The third-order valence-electron chi connectivity index (χ3n) is 5.55. The second kappa shape index (κ2) is 7.18. The number of ether oxygens (including phenoxy) is 1. The van der Waals surface area contributed by atoms with Gasteiger partial charge in [0.05, 0.1) is 25.4 Å². The number of halogens is 2. The Hall–Kier alpha value is -1.88. The molecule has 28 heavy (non-hydrogen) atoms. The number of ketones is 1. The number of piperidine rings is 1. The zero-order chi connectivity index (χ0) is 20.7. The summed E-state index contributed by atoms with van der Waals surface area (Å²) < 4.78 is 5.51. The molecule has 0 N–H and O–H groups in total. The normalized spacial score (nSPS) is 26.0. The average molecular weight is 425 g/mol. The molecule has 2 aliphatic rings. The van der Waals surface area contributed by atoms with Crippen LogP contribution in [0.1, 0.15) is 39.2 Å². The monoisotopic (exact) mass is 424 g/mol. The highest BCUT2D eigenvalue weighted by atomic mass is 35.5. The standard InChI is InChI=1S/C20H24Cl2N3O3/c1-18(2,3)28-17(27)25-8-7-19(13-5-6-14(21)15(22)9-13)11-20(19,12-25)16(26)10-24-23-4/h5-6,9-10H,7-8,11-12H2,1-4H3/q+1. The number of nitrogens with zero attached hydrogens (tertiary/aromatic N) is 3. The molecule has 2 atom stereocenters. The molecule has 1 saturated heterocycles. The van der Waals surface area contributed by atoms with Gasteiger partial charge in [-0.05, 0) is 51.3 Å². The van der Waals surface area contributed by atoms with Crippen molar-refractivity contribution in [2.45, 2.75) is 44.6 Å². The van der Waals surface area contributed by atoms with E-state index < -0.39 is 22.5 Å². The average Bonchev–Trinajstić information content (AvgIpc) is 3.31. The fourth-order valence-corrected chi connectivity index (χ4v) is 4.47. The molecule has 3 rings (SSSR count). The van der Waals surface area contributed by atoms with Crippen molar-refractivity contribution in [3.8, 4) is 0 Å². The summed E-state index contributed by atoms with van der Waals surface area (Å²) in [7, 11) is 1.51. The Morgan fingerprint density at radius 2 is 2.00 bits per heavy atom. The highest BCUT2D eigenvalue weighted by Crippen LogP contribution is 2.69. The maximum absolute atomic E-state index is 13.1. The number of rotatable bonds is 3. The van der Waals surface area contributed by atoms with Gasteiger partial charge in [0.2, 0.25) is 5.78 Å². The summed E-state index contributed by atoms with van der Waals surface area (Å²) in [6.07, 6.45) is 2.09. The van der Waals surface area contributed by atoms with Crippen LogP contribution in [0, 0.1) is 5.41 Å². The lowest BCUT2D eigenvalue weighted by Crippen LogP contribution is -2.49. The van der Waals surface area contributed by atoms with Crippen LogP contribution in [0.15, 0.2) is 23.3 Å². The zero-order valence-electron chi connectivity index (χ0n) is 16.5. The lowest BCUT2D eigenvalue weighted by atomic mass is 9.78. The predicted molar refractivity (Wildman–Crippen MR) is 107 cm³/mol. The van der Waals surface area contributed by atoms with Gasteiger partial charge in [-0.25, -0.2) is 4.79 Å². The largest absolute Gasteiger partial charge is 0.444 e. The number of carbonyl (C=O) groups excluding carboxylic acids is 2. The summed E-state index contributed by atoms with van der Waals surface area (Å²) in [4.78, 5) is 31.0. The molecular formula is C20H24Cl2N3O3+. The number of likely N-dealkylation sites (tertiary alicyclic amines) is 1. The molecule has 1 saturated carbocycles. The summed E-state index contributed by atoms with van der Waals surface area (Å²) in [6, 6.07) is 5.48. The fraction of sp³-hybridized carbons (Fsp3) is 0.550. The van der Waals surface area contributed by atoms with Crippen molar-refractivity contribution in [3.63, 3.8) is 0 Å². The first kappa shape index (κ1) is 20.8. The summed E-state index contributed by atoms with van der Waals surface area (Å²) in [6.45, 7) is 6.24. The quantitative estimate of drug-likeness (QED) is 0.414. The van der Waals surface area contributed by atoms with Crippen molar-refractivity contribution in [3.05, 3.63) is 33.8 Å². The third-order valence-corrected chi connectivity index (χ3v) is 6.29. The molecule has 2 unspecified atom stereocenters. The zero-order valence-corrected chi connectivity index (χ0v) is 18.0. The van der Waals surface area contributed by atoms with Crippen LogP contribution in [0.5, 0.6) is 0 Å². The van der Waals surface area contributed by atoms with E-state index in [2.05, 4.69) is 9.90 Å². The van der Waals surface area contributed by atoms with Gasteiger partial charge in [0.1, 0.15) is 12.6 Å². The van der Waals surface area contributed by atoms with Gasteiger partial charge in [-0.15, -0.1) is 0 Å². The van der Waals surface area contributed by atoms with Crippen molar-refractivity contribution in [2.75, 3.05) is 20.1 Å². The molecule has 0 spiro atoms. The van der Waals surface area contributed by atoms with Gasteiger partial charge in [-0.3, -0.25) is 4.79 Å². The fourth-order valence-electron chi connectivity index (χ4n) is 4.17. The van der Waals surface area contributed by atoms with Crippen molar-refractivity contribution in [2.24, 2.45) is 10.5 Å². The van der Waals surface area contributed by atoms with E-state index in [0.29, 0.717) is 29.4 Å². The minimum Gasteiger partial charge on any atom is -0.444 e. The molecule has 0 radical (unpaired) electrons. The van der Waals surface area contributed by atoms with Gasteiger partial charge in [0.25, 0.3) is 0 Å². The predicted octanol–water partition coefficient (Wildman–Crippen LogP) is 4.19. The Balaban J connectivity index is 1.96. The van der Waals surface area contributed by atoms with Crippen LogP contribution < -0.4 is 0 Å². The van der Waals surface area contributed by atoms with E-state index in [4.69, 9.17) is 27.9 Å². The Kier molecular flexibility index (Phi) is 5.34. The number of benzene rings is 1. The Labute approximate surface area is 174 Å². The van der Waals surface area contributed by atoms with Crippen LogP contribution >= 0.6 is 23.2 Å². The number of hydrogen-bond acceptors (Lipinski definition) is 4. The second-order valence-electron chi connectivity index (χ2n) is 8.43. The van der Waals surface area contributed by atoms with E-state index in [1.807, 2.05) is 32.9 Å². The molecular weight excluding hydrogens is 401 g/mol. The van der Waals surface area contributed by atoms with Crippen molar-refractivity contribution >= 4 is 41.3 Å². The Bertz CT molecular complexity index is 889. The number of Topliss-reactive ketones (excluding diaryl/α,β-unsaturated/α-hetero) is 1. The molecule has 0 bridgehead atoms. The Morgan fingerprint density at radius 1 is 1.29 bits per heavy atom. The highest BCUT2D eigenvalue weighted by molar-refractivity contribution is 6.42. The van der Waals surface area contributed by atoms with E-state index >= 15 is 0 Å². The van der Waals surface area contributed by atoms with Gasteiger partial charge in [0, 0.05) is 18.5 Å². The van der Waals surface area contributed by atoms with E-state index in [1.54, 1.807) is 11.0 Å². The lowest BCUT2D eigenvalue weighted by Gasteiger charge is -2.37. The smallest absolute Gasteiger partial charge is 0.410 e. The lowest BCUT2D eigenvalue weighted by molar-refractivity contribution is -0.128. The molecule has 1 aliphatic heterocycles. The molecule has 2 fully saturated rings. The molecule has 8 heteroatoms. The molecule has 1 heterocycles. The van der Waals surface area contributed by atoms with E-state index in [9.17, 15) is 9.59 Å². The molecule has 0 aromatic heterocycles. The minimum absolute atomic E-state index is 0.141. The SMILES string of the molecule is CN=[N+]=CC(=O)C12CN(C(=O)OC(C)(C)C)CCC1(c1ccc(Cl)c(Cl)c1)C2. The second-order valence-corrected chi connectivity index (χ2v) is 9.24. The van der Waals surface area contributed by atoms with Crippen molar-refractivity contribution in [1.29, 1.82) is 0 Å². The highest BCUT2D eigenvalue weighted by Gasteiger charge is 2.74. The molecule has 6 nitrogen and oxygen atoms in total. The molecule has 1 aromatic rings. The summed E-state index contributed by atoms with van der Waals surface area (Å²) in [5.74, 6) is -0.141. The first-order chi connectivity index (χ1) is 13.0. The van der Waals surface area contributed by atoms with Crippen LogP contribution in [0.2, 0.25) is 10.0 Å². The third kappa shape index (κ3) is 3.57. The van der Waals surface area contributed by atoms with Crippen LogP contribution in [0.4, 0.5) is 4.79 Å². The van der Waals surface area contributed by atoms with Crippen LogP contribution in [-0.4, -0.2) is 53.5 Å². The summed E-state index contributed by atoms with van der Waals surface area (Å²) in [5.41, 5.74) is -0.788. The first-order valence-electron chi connectivity index (χ1n) is 9.15. The molecule has 150 valence electrons. The molecule has 1 aromatic carbocycles. The maximum atomic E-state index is 13.1. The van der Waals surface area contributed by atoms with E-state index in [1.165, 1.54) is 13.3 Å². The maximum Gasteiger partial charge on any atom is 0.410 e. The summed E-state index contributed by atoms with van der Waals surface area (Å²) in [5, 5.41) is 4.57. The van der Waals surface area contributed by atoms with Gasteiger partial charge in [0.15, 0.2) is 0 Å². The number of amides is 1. The van der Waals surface area contributed by atoms with Crippen molar-refractivity contribution in [1.82, 2.24) is 4.90 Å². The van der Waals surface area contributed by atoms with Crippen LogP contribution in [-0.2, 0) is 14.9 Å². The number of carbonyl (C=O) groups is 2. The molecule has 1 amide bonds. The van der Waals surface area contributed by atoms with E-state index in [0.717, 1.165) is 5.56 Å². The van der Waals surface area contributed by atoms with Crippen molar-refractivity contribution < 1.29 is 19.1 Å². The van der Waals surface area contributed by atoms with Crippen LogP contribution in [0.25, 0.3) is 0 Å². The minimum atomic E-state index is -0.756. The Morgan fingerprint density at radius 3 is 2.61 bits per heavy atom. The number of hydrogen-bond donors (Lipinski definition) is 0. The van der Waals surface area contributed by atoms with Crippen LogP contribution in [0.3, 0.4) is 0 Å². The van der Waals surface area contributed by atoms with Gasteiger partial charge in [-0.2, -0.15) is 0 Å². The summed E-state index contributed by atoms with van der Waals surface area (Å²) >= 11 is 12.3. The first-order valence-corrected chi connectivity index (χ1v) is 9.90. The molecule has 1 aliphatic carbocycles. The van der Waals surface area contributed by atoms with Gasteiger partial charge < -0.3 is 9.64 Å². The van der Waals surface area contributed by atoms with Gasteiger partial charge in [-0.1, -0.05) is 29.3 Å². The van der Waals surface area contributed by atoms with E-state index in [-0.39, 0.29) is 12.3 Å². The van der Waals surface area contributed by atoms with Gasteiger partial charge >= 0.3 is 12.3 Å².